The van der Waals surface area contributed by atoms with Crippen molar-refractivity contribution in [2.75, 3.05) is 13.1 Å². The summed E-state index contributed by atoms with van der Waals surface area (Å²) in [4.78, 5) is 10.4. The largest absolute Gasteiger partial charge is 0.473 e. The molecule has 0 saturated carbocycles. The molecule has 29 heavy (non-hydrogen) atoms. The molecule has 0 saturated heterocycles. The topological polar surface area (TPSA) is 58.5 Å². The Hall–Kier alpha value is -2.13. The summed E-state index contributed by atoms with van der Waals surface area (Å²) in [6.45, 7) is 4.72. The standard InChI is InChI=1S/C22H26N4OS.HI/c1-2-23-22(25-14-12-20-11-7-15-28-20)26-16-19-10-6-13-24-21(19)27-17-18-8-4-3-5-9-18;/h3-11,13,15H,2,12,14,16-17H2,1H3,(H2,23,25,26);1H. The fourth-order valence-electron chi connectivity index (χ4n) is 2.67. The summed E-state index contributed by atoms with van der Waals surface area (Å²) in [6.07, 6.45) is 2.73. The predicted octanol–water partition coefficient (Wildman–Crippen LogP) is 4.64. The van der Waals surface area contributed by atoms with Crippen molar-refractivity contribution in [1.82, 2.24) is 15.6 Å². The molecule has 0 fully saturated rings. The van der Waals surface area contributed by atoms with Gasteiger partial charge in [-0.1, -0.05) is 42.5 Å². The third-order valence-electron chi connectivity index (χ3n) is 4.06. The smallest absolute Gasteiger partial charge is 0.218 e. The first kappa shape index (κ1) is 23.2. The summed E-state index contributed by atoms with van der Waals surface area (Å²) in [5, 5.41) is 8.79. The van der Waals surface area contributed by atoms with E-state index in [2.05, 4.69) is 40.1 Å². The van der Waals surface area contributed by atoms with Gasteiger partial charge in [-0.15, -0.1) is 35.3 Å². The minimum Gasteiger partial charge on any atom is -0.473 e. The maximum atomic E-state index is 5.93. The molecule has 0 amide bonds. The summed E-state index contributed by atoms with van der Waals surface area (Å²) in [5.41, 5.74) is 2.08. The zero-order valence-corrected chi connectivity index (χ0v) is 19.7. The number of pyridine rings is 1. The highest BCUT2D eigenvalue weighted by molar-refractivity contribution is 14.0. The van der Waals surface area contributed by atoms with Crippen molar-refractivity contribution in [3.63, 3.8) is 0 Å². The number of nitrogens with one attached hydrogen (secondary N) is 2. The molecule has 5 nitrogen and oxygen atoms in total. The van der Waals surface area contributed by atoms with E-state index in [1.807, 2.05) is 42.5 Å². The van der Waals surface area contributed by atoms with Crippen LogP contribution in [0.15, 0.2) is 71.2 Å². The van der Waals surface area contributed by atoms with Gasteiger partial charge in [0.05, 0.1) is 6.54 Å². The molecule has 0 aliphatic heterocycles. The molecule has 154 valence electrons. The van der Waals surface area contributed by atoms with E-state index in [9.17, 15) is 0 Å². The molecule has 0 aliphatic carbocycles. The van der Waals surface area contributed by atoms with Crippen LogP contribution in [0.4, 0.5) is 0 Å². The minimum atomic E-state index is 0. The van der Waals surface area contributed by atoms with E-state index in [0.29, 0.717) is 19.0 Å². The lowest BCUT2D eigenvalue weighted by atomic mass is 10.2. The van der Waals surface area contributed by atoms with Crippen LogP contribution in [-0.4, -0.2) is 24.0 Å². The summed E-state index contributed by atoms with van der Waals surface area (Å²) in [5.74, 6) is 1.43. The van der Waals surface area contributed by atoms with Gasteiger partial charge in [0.2, 0.25) is 5.88 Å². The summed E-state index contributed by atoms with van der Waals surface area (Å²) < 4.78 is 5.93. The van der Waals surface area contributed by atoms with Crippen LogP contribution in [0.5, 0.6) is 5.88 Å². The van der Waals surface area contributed by atoms with Gasteiger partial charge in [0.25, 0.3) is 0 Å². The van der Waals surface area contributed by atoms with E-state index in [0.717, 1.165) is 36.6 Å². The number of benzene rings is 1. The van der Waals surface area contributed by atoms with Gasteiger partial charge in [-0.3, -0.25) is 0 Å². The molecule has 0 bridgehead atoms. The maximum Gasteiger partial charge on any atom is 0.218 e. The predicted molar refractivity (Wildman–Crippen MR) is 131 cm³/mol. The molecule has 1 aromatic carbocycles. The van der Waals surface area contributed by atoms with Crippen LogP contribution in [0.25, 0.3) is 0 Å². The Morgan fingerprint density at radius 2 is 1.93 bits per heavy atom. The molecule has 3 aromatic rings. The number of nitrogens with zero attached hydrogens (tertiary/aromatic N) is 2. The molecule has 0 aliphatic rings. The first-order valence-electron chi connectivity index (χ1n) is 9.50. The van der Waals surface area contributed by atoms with Gasteiger partial charge in [-0.2, -0.15) is 0 Å². The molecule has 0 spiro atoms. The minimum absolute atomic E-state index is 0. The highest BCUT2D eigenvalue weighted by atomic mass is 127. The van der Waals surface area contributed by atoms with E-state index in [4.69, 9.17) is 9.73 Å². The van der Waals surface area contributed by atoms with Crippen LogP contribution >= 0.6 is 35.3 Å². The van der Waals surface area contributed by atoms with Crippen molar-refractivity contribution < 1.29 is 4.74 Å². The van der Waals surface area contributed by atoms with Crippen LogP contribution < -0.4 is 15.4 Å². The Kier molecular flexibility index (Phi) is 10.5. The first-order chi connectivity index (χ1) is 13.8. The van der Waals surface area contributed by atoms with Gasteiger partial charge in [-0.05, 0) is 36.4 Å². The number of rotatable bonds is 9. The molecule has 2 heterocycles. The van der Waals surface area contributed by atoms with Crippen LogP contribution in [0, 0.1) is 0 Å². The molecule has 2 aromatic heterocycles. The quantitative estimate of drug-likeness (QED) is 0.244. The summed E-state index contributed by atoms with van der Waals surface area (Å²) >= 11 is 1.78. The number of aliphatic imine (C=N–C) groups is 1. The third kappa shape index (κ3) is 8.02. The highest BCUT2D eigenvalue weighted by Crippen LogP contribution is 2.17. The third-order valence-corrected chi connectivity index (χ3v) is 5.00. The van der Waals surface area contributed by atoms with Crippen molar-refractivity contribution in [2.24, 2.45) is 4.99 Å². The molecule has 0 radical (unpaired) electrons. The average Bonchev–Trinajstić information content (AvgIpc) is 3.25. The Balaban J connectivity index is 0.00000300. The molecule has 3 rings (SSSR count). The second-order valence-corrected chi connectivity index (χ2v) is 7.23. The van der Waals surface area contributed by atoms with Crippen molar-refractivity contribution in [1.29, 1.82) is 0 Å². The van der Waals surface area contributed by atoms with Crippen molar-refractivity contribution in [2.45, 2.75) is 26.5 Å². The van der Waals surface area contributed by atoms with Gasteiger partial charge >= 0.3 is 0 Å². The van der Waals surface area contributed by atoms with E-state index in [-0.39, 0.29) is 24.0 Å². The Labute approximate surface area is 193 Å². The van der Waals surface area contributed by atoms with Gasteiger partial charge in [-0.25, -0.2) is 9.98 Å². The first-order valence-corrected chi connectivity index (χ1v) is 10.4. The number of aromatic nitrogens is 1. The van der Waals surface area contributed by atoms with E-state index < -0.39 is 0 Å². The Morgan fingerprint density at radius 3 is 2.69 bits per heavy atom. The van der Waals surface area contributed by atoms with Crippen molar-refractivity contribution >= 4 is 41.3 Å². The molecular formula is C22H27IN4OS. The number of thiophene rings is 1. The number of hydrogen-bond acceptors (Lipinski definition) is 4. The van der Waals surface area contributed by atoms with Crippen molar-refractivity contribution in [3.05, 3.63) is 82.2 Å². The summed E-state index contributed by atoms with van der Waals surface area (Å²) in [6, 6.07) is 18.3. The summed E-state index contributed by atoms with van der Waals surface area (Å²) in [7, 11) is 0. The second kappa shape index (κ2) is 13.2. The van der Waals surface area contributed by atoms with Gasteiger partial charge < -0.3 is 15.4 Å². The monoisotopic (exact) mass is 522 g/mol. The average molecular weight is 522 g/mol. The number of ether oxygens (including phenoxy) is 1. The number of hydrogen-bond donors (Lipinski definition) is 2. The van der Waals surface area contributed by atoms with E-state index in [1.54, 1.807) is 17.5 Å². The lowest BCUT2D eigenvalue weighted by Gasteiger charge is -2.12. The van der Waals surface area contributed by atoms with Gasteiger partial charge in [0, 0.05) is 29.7 Å². The van der Waals surface area contributed by atoms with Crippen molar-refractivity contribution in [3.8, 4) is 5.88 Å². The number of halogens is 1. The van der Waals surface area contributed by atoms with Crippen LogP contribution in [0.1, 0.15) is 22.9 Å². The van der Waals surface area contributed by atoms with Crippen LogP contribution in [0.3, 0.4) is 0 Å². The van der Waals surface area contributed by atoms with E-state index in [1.165, 1.54) is 4.88 Å². The fourth-order valence-corrected chi connectivity index (χ4v) is 3.37. The van der Waals surface area contributed by atoms with Crippen LogP contribution in [0.2, 0.25) is 0 Å². The lowest BCUT2D eigenvalue weighted by molar-refractivity contribution is 0.290. The number of guanidine groups is 1. The molecule has 0 atom stereocenters. The lowest BCUT2D eigenvalue weighted by Crippen LogP contribution is -2.38. The zero-order chi connectivity index (χ0) is 19.4. The van der Waals surface area contributed by atoms with E-state index >= 15 is 0 Å². The molecule has 0 unspecified atom stereocenters. The second-order valence-electron chi connectivity index (χ2n) is 6.19. The van der Waals surface area contributed by atoms with Crippen LogP contribution in [-0.2, 0) is 19.6 Å². The molecular weight excluding hydrogens is 495 g/mol. The highest BCUT2D eigenvalue weighted by Gasteiger charge is 2.06. The molecule has 2 N–H and O–H groups in total. The normalized spacial score (nSPS) is 10.9. The Bertz CT molecular complexity index is 856. The SMILES string of the molecule is CCNC(=NCc1cccnc1OCc1ccccc1)NCCc1cccs1.I. The molecule has 7 heteroatoms. The zero-order valence-electron chi connectivity index (χ0n) is 16.5. The maximum absolute atomic E-state index is 5.93. The fraction of sp³-hybridized carbons (Fsp3) is 0.273. The van der Waals surface area contributed by atoms with Gasteiger partial charge in [0.15, 0.2) is 5.96 Å². The van der Waals surface area contributed by atoms with Gasteiger partial charge in [0.1, 0.15) is 6.61 Å². The Morgan fingerprint density at radius 1 is 1.07 bits per heavy atom.